The molecule has 0 aliphatic carbocycles. The maximum absolute atomic E-state index is 10.5. The van der Waals surface area contributed by atoms with Gasteiger partial charge in [0.1, 0.15) is 14.0 Å². The fourth-order valence-corrected chi connectivity index (χ4v) is 2.17. The third-order valence-corrected chi connectivity index (χ3v) is 2.82. The molecule has 4 atom stereocenters. The number of ether oxygens (including phenoxy) is 2. The first kappa shape index (κ1) is 13.2. The van der Waals surface area contributed by atoms with Crippen molar-refractivity contribution in [2.24, 2.45) is 5.92 Å². The molecule has 1 heterocycles. The zero-order chi connectivity index (χ0) is 11.6. The van der Waals surface area contributed by atoms with E-state index in [9.17, 15) is 14.4 Å². The van der Waals surface area contributed by atoms with Crippen LogP contribution in [0.5, 0.6) is 0 Å². The van der Waals surface area contributed by atoms with Crippen molar-refractivity contribution in [3.63, 3.8) is 0 Å². The quantitative estimate of drug-likeness (QED) is 0.428. The molecule has 0 N–H and O–H groups in total. The predicted octanol–water partition coefficient (Wildman–Crippen LogP) is -1.62. The minimum atomic E-state index is -5.03. The smallest absolute Gasteiger partial charge is 0.109 e. The Morgan fingerprint density at radius 1 is 1.53 bits per heavy atom. The summed E-state index contributed by atoms with van der Waals surface area (Å²) >= 11 is 0. The average molecular weight is 234 g/mol. The van der Waals surface area contributed by atoms with Gasteiger partial charge < -0.3 is 28.3 Å². The second kappa shape index (κ2) is 4.95. The summed E-state index contributed by atoms with van der Waals surface area (Å²) in [4.78, 5) is 21.0. The van der Waals surface area contributed by atoms with E-state index in [1.54, 1.807) is 6.92 Å². The Hall–Kier alpha value is 0.0949. The molecule has 0 aromatic heterocycles. The predicted molar refractivity (Wildman–Crippen MR) is 47.9 cm³/mol. The van der Waals surface area contributed by atoms with E-state index in [0.717, 1.165) is 0 Å². The van der Waals surface area contributed by atoms with E-state index in [1.165, 1.54) is 7.11 Å². The van der Waals surface area contributed by atoms with Crippen LogP contribution in [0.3, 0.4) is 0 Å². The SMILES string of the molecule is [B][C@@H]1O[C@H](COC)C(OP(=O)([O-])[O-])[C@@H]1C. The van der Waals surface area contributed by atoms with Crippen LogP contribution in [0, 0.1) is 5.92 Å². The van der Waals surface area contributed by atoms with Crippen LogP contribution in [0.15, 0.2) is 0 Å². The molecule has 0 saturated carbocycles. The molecule has 0 bridgehead atoms. The first-order chi connectivity index (χ1) is 6.85. The molecule has 1 rings (SSSR count). The van der Waals surface area contributed by atoms with Crippen LogP contribution in [-0.2, 0) is 18.6 Å². The number of rotatable bonds is 4. The lowest BCUT2D eigenvalue weighted by Crippen LogP contribution is -2.35. The summed E-state index contributed by atoms with van der Waals surface area (Å²) in [6.07, 6.45) is -1.50. The molecule has 1 saturated heterocycles. The average Bonchev–Trinajstić information content (AvgIpc) is 2.32. The van der Waals surface area contributed by atoms with Crippen LogP contribution in [0.1, 0.15) is 6.92 Å². The molecule has 1 unspecified atom stereocenters. The van der Waals surface area contributed by atoms with Gasteiger partial charge in [-0.25, -0.2) is 0 Å². The largest absolute Gasteiger partial charge is 0.790 e. The van der Waals surface area contributed by atoms with Crippen LogP contribution in [0.4, 0.5) is 0 Å². The summed E-state index contributed by atoms with van der Waals surface area (Å²) in [7, 11) is 1.96. The van der Waals surface area contributed by atoms with Crippen LogP contribution >= 0.6 is 7.82 Å². The molecule has 6 nitrogen and oxygen atoms in total. The molecule has 2 radical (unpaired) electrons. The van der Waals surface area contributed by atoms with Crippen LogP contribution in [-0.4, -0.2) is 39.8 Å². The topological polar surface area (TPSA) is 90.9 Å². The van der Waals surface area contributed by atoms with Gasteiger partial charge in [-0.2, -0.15) is 0 Å². The molecule has 0 spiro atoms. The fourth-order valence-electron chi connectivity index (χ4n) is 1.54. The summed E-state index contributed by atoms with van der Waals surface area (Å²) in [5, 5.41) is 0. The molecule has 1 aliphatic heterocycles. The van der Waals surface area contributed by atoms with Gasteiger partial charge >= 0.3 is 0 Å². The normalized spacial score (nSPS) is 37.1. The van der Waals surface area contributed by atoms with Crippen molar-refractivity contribution < 1.29 is 28.3 Å². The number of hydrogen-bond donors (Lipinski definition) is 0. The van der Waals surface area contributed by atoms with Crippen LogP contribution in [0.2, 0.25) is 0 Å². The van der Waals surface area contributed by atoms with Crippen molar-refractivity contribution in [2.45, 2.75) is 25.1 Å². The maximum atomic E-state index is 10.5. The Labute approximate surface area is 89.6 Å². The molecular weight excluding hydrogens is 222 g/mol. The first-order valence-electron chi connectivity index (χ1n) is 4.45. The van der Waals surface area contributed by atoms with E-state index >= 15 is 0 Å². The Morgan fingerprint density at radius 2 is 2.13 bits per heavy atom. The maximum Gasteiger partial charge on any atom is 0.109 e. The van der Waals surface area contributed by atoms with Gasteiger partial charge in [0.15, 0.2) is 0 Å². The molecule has 0 aromatic carbocycles. The van der Waals surface area contributed by atoms with Crippen LogP contribution < -0.4 is 9.79 Å². The van der Waals surface area contributed by atoms with Crippen molar-refractivity contribution >= 4 is 15.7 Å². The van der Waals surface area contributed by atoms with Gasteiger partial charge in [-0.05, 0) is 0 Å². The third kappa shape index (κ3) is 3.55. The van der Waals surface area contributed by atoms with Crippen molar-refractivity contribution in [3.8, 4) is 0 Å². The molecule has 0 aromatic rings. The highest BCUT2D eigenvalue weighted by Crippen LogP contribution is 2.37. The monoisotopic (exact) mass is 234 g/mol. The molecule has 86 valence electrons. The van der Waals surface area contributed by atoms with E-state index in [-0.39, 0.29) is 12.5 Å². The van der Waals surface area contributed by atoms with Gasteiger partial charge in [0.05, 0.1) is 20.5 Å². The van der Waals surface area contributed by atoms with Gasteiger partial charge in [-0.1, -0.05) is 6.92 Å². The van der Waals surface area contributed by atoms with Crippen LogP contribution in [0.25, 0.3) is 0 Å². The van der Waals surface area contributed by atoms with Crippen molar-refractivity contribution in [1.82, 2.24) is 0 Å². The Kier molecular flexibility index (Phi) is 4.34. The van der Waals surface area contributed by atoms with E-state index < -0.39 is 26.0 Å². The summed E-state index contributed by atoms with van der Waals surface area (Å²) in [6.45, 7) is 1.78. The van der Waals surface area contributed by atoms with Gasteiger partial charge in [0.2, 0.25) is 0 Å². The van der Waals surface area contributed by atoms with Crippen molar-refractivity contribution in [3.05, 3.63) is 0 Å². The number of methoxy groups -OCH3 is 1. The minimum absolute atomic E-state index is 0.128. The van der Waals surface area contributed by atoms with E-state index in [4.69, 9.17) is 17.3 Å². The van der Waals surface area contributed by atoms with Gasteiger partial charge in [-0.3, -0.25) is 0 Å². The second-order valence-corrected chi connectivity index (χ2v) is 4.58. The first-order valence-corrected chi connectivity index (χ1v) is 5.91. The van der Waals surface area contributed by atoms with Gasteiger partial charge in [-0.15, -0.1) is 0 Å². The molecule has 1 fully saturated rings. The summed E-state index contributed by atoms with van der Waals surface area (Å²) in [6, 6.07) is -0.651. The molecule has 1 aliphatic rings. The highest BCUT2D eigenvalue weighted by atomic mass is 31.2. The van der Waals surface area contributed by atoms with Gasteiger partial charge in [0, 0.05) is 19.0 Å². The van der Waals surface area contributed by atoms with Gasteiger partial charge in [0.25, 0.3) is 0 Å². The molecule has 0 amide bonds. The molecule has 8 heteroatoms. The summed E-state index contributed by atoms with van der Waals surface area (Å²) in [5.41, 5.74) is 0. The van der Waals surface area contributed by atoms with E-state index in [2.05, 4.69) is 4.52 Å². The summed E-state index contributed by atoms with van der Waals surface area (Å²) in [5.74, 6) is -0.374. The van der Waals surface area contributed by atoms with Crippen molar-refractivity contribution in [1.29, 1.82) is 0 Å². The zero-order valence-electron chi connectivity index (χ0n) is 8.49. The number of phosphoric ester groups is 1. The Balaban J connectivity index is 2.68. The number of phosphoric acid groups is 1. The highest BCUT2D eigenvalue weighted by molar-refractivity contribution is 7.43. The second-order valence-electron chi connectivity index (χ2n) is 3.47. The highest BCUT2D eigenvalue weighted by Gasteiger charge is 2.40. The minimum Gasteiger partial charge on any atom is -0.790 e. The third-order valence-electron chi connectivity index (χ3n) is 2.32. The molecule has 15 heavy (non-hydrogen) atoms. The zero-order valence-corrected chi connectivity index (χ0v) is 9.38. The Bertz CT molecular complexity index is 256. The van der Waals surface area contributed by atoms with E-state index in [1.807, 2.05) is 0 Å². The standard InChI is InChI=1S/C7H14BO6P/c1-4-6(14-15(9,10)11)5(3-12-2)13-7(4)8/h4-7H,3H2,1-2H3,(H2,9,10,11)/p-2/t4-,5+,6?,7+/m0/s1. The van der Waals surface area contributed by atoms with E-state index in [0.29, 0.717) is 0 Å². The lowest BCUT2D eigenvalue weighted by atomic mass is 9.86. The Morgan fingerprint density at radius 3 is 2.60 bits per heavy atom. The number of hydrogen-bond acceptors (Lipinski definition) is 6. The summed E-state index contributed by atoms with van der Waals surface area (Å²) < 4.78 is 24.9. The van der Waals surface area contributed by atoms with Crippen molar-refractivity contribution in [2.75, 3.05) is 13.7 Å². The lowest BCUT2D eigenvalue weighted by molar-refractivity contribution is -0.346. The molecular formula is C7H12BO6P-2. The fraction of sp³-hybridized carbons (Fsp3) is 1.00. The lowest BCUT2D eigenvalue weighted by Gasteiger charge is -2.35.